The molecule has 3 rings (SSSR count). The molecule has 74 valence electrons. The van der Waals surface area contributed by atoms with Gasteiger partial charge in [-0.3, -0.25) is 0 Å². The van der Waals surface area contributed by atoms with Gasteiger partial charge in [0.05, 0.1) is 0 Å². The van der Waals surface area contributed by atoms with Crippen LogP contribution in [0.1, 0.15) is 24.3 Å². The molecule has 2 fully saturated rings. The first-order chi connectivity index (χ1) is 7.31. The quantitative estimate of drug-likeness (QED) is 0.631. The van der Waals surface area contributed by atoms with Crippen molar-refractivity contribution in [1.82, 2.24) is 0 Å². The maximum absolute atomic E-state index is 8.77. The van der Waals surface area contributed by atoms with E-state index in [-0.39, 0.29) is 0 Å². The Labute approximate surface area is 91.2 Å². The van der Waals surface area contributed by atoms with Crippen molar-refractivity contribution >= 4 is 6.71 Å². The van der Waals surface area contributed by atoms with Gasteiger partial charge in [0.2, 0.25) is 0 Å². The lowest BCUT2D eigenvalue weighted by molar-refractivity contribution is 0.127. The largest absolute Gasteiger partial charge is 0.268 e. The van der Waals surface area contributed by atoms with Gasteiger partial charge in [0.25, 0.3) is 6.71 Å². The number of hydrogen-bond donors (Lipinski definition) is 0. The van der Waals surface area contributed by atoms with Crippen LogP contribution in [0, 0.1) is 16.6 Å². The standard InChI is InChI=1S/C13H14BN/c15-10-14-8-13(9-14)6-12(7-13)11-4-2-1-3-5-11/h1-5,12H,6-9H2. The third-order valence-electron chi connectivity index (χ3n) is 4.17. The van der Waals surface area contributed by atoms with Crippen molar-refractivity contribution in [3.8, 4) is 5.97 Å². The molecule has 1 saturated carbocycles. The van der Waals surface area contributed by atoms with Gasteiger partial charge in [-0.15, -0.1) is 0 Å². The van der Waals surface area contributed by atoms with Crippen LogP contribution < -0.4 is 0 Å². The fourth-order valence-corrected chi connectivity index (χ4v) is 3.36. The Kier molecular flexibility index (Phi) is 1.89. The summed E-state index contributed by atoms with van der Waals surface area (Å²) < 4.78 is 0. The van der Waals surface area contributed by atoms with Crippen LogP contribution >= 0.6 is 0 Å². The molecule has 1 saturated heterocycles. The molecule has 1 aromatic carbocycles. The Morgan fingerprint density at radius 2 is 1.87 bits per heavy atom. The maximum Gasteiger partial charge on any atom is 0.268 e. The van der Waals surface area contributed by atoms with E-state index in [9.17, 15) is 0 Å². The average Bonchev–Trinajstić information content (AvgIpc) is 2.16. The predicted molar refractivity (Wildman–Crippen MR) is 61.8 cm³/mol. The van der Waals surface area contributed by atoms with E-state index in [1.165, 1.54) is 18.4 Å². The Balaban J connectivity index is 1.62. The molecule has 2 aliphatic rings. The SMILES string of the molecule is N#CB1CC2(C1)CC(c1ccccc1)C2. The molecule has 1 aliphatic heterocycles. The molecule has 0 atom stereocenters. The van der Waals surface area contributed by atoms with Crippen LogP contribution in [0.15, 0.2) is 30.3 Å². The molecule has 2 heteroatoms. The maximum atomic E-state index is 8.77. The first-order valence-electron chi connectivity index (χ1n) is 5.76. The summed E-state index contributed by atoms with van der Waals surface area (Å²) in [6.45, 7) is 0.363. The third kappa shape index (κ3) is 1.38. The number of hydrogen-bond acceptors (Lipinski definition) is 1. The van der Waals surface area contributed by atoms with E-state index in [1.807, 2.05) is 0 Å². The molecule has 1 nitrogen and oxygen atoms in total. The Morgan fingerprint density at radius 3 is 2.47 bits per heavy atom. The average molecular weight is 195 g/mol. The zero-order valence-electron chi connectivity index (χ0n) is 8.82. The van der Waals surface area contributed by atoms with Crippen molar-refractivity contribution in [3.05, 3.63) is 35.9 Å². The highest BCUT2D eigenvalue weighted by molar-refractivity contribution is 6.70. The van der Waals surface area contributed by atoms with E-state index in [2.05, 4.69) is 36.3 Å². The topological polar surface area (TPSA) is 23.8 Å². The number of benzene rings is 1. The van der Waals surface area contributed by atoms with Gasteiger partial charge in [-0.25, -0.2) is 5.26 Å². The highest BCUT2D eigenvalue weighted by Gasteiger charge is 2.54. The van der Waals surface area contributed by atoms with Gasteiger partial charge in [-0.2, -0.15) is 0 Å². The molecular weight excluding hydrogens is 181 g/mol. The highest BCUT2D eigenvalue weighted by atomic mass is 14.5. The Morgan fingerprint density at radius 1 is 1.20 bits per heavy atom. The summed E-state index contributed by atoms with van der Waals surface area (Å²) in [5.74, 6) is 3.15. The summed E-state index contributed by atoms with van der Waals surface area (Å²) in [6.07, 6.45) is 4.95. The Hall–Kier alpha value is -1.23. The normalized spacial score (nSPS) is 23.0. The van der Waals surface area contributed by atoms with E-state index in [0.717, 1.165) is 18.6 Å². The van der Waals surface area contributed by atoms with Gasteiger partial charge >= 0.3 is 0 Å². The molecule has 0 aromatic heterocycles. The van der Waals surface area contributed by atoms with Crippen molar-refractivity contribution in [2.75, 3.05) is 0 Å². The van der Waals surface area contributed by atoms with Crippen molar-refractivity contribution in [2.45, 2.75) is 31.4 Å². The molecule has 15 heavy (non-hydrogen) atoms. The third-order valence-corrected chi connectivity index (χ3v) is 4.17. The minimum absolute atomic E-state index is 0.363. The molecule has 0 amide bonds. The van der Waals surface area contributed by atoms with Gasteiger partial charge in [-0.1, -0.05) is 43.0 Å². The molecule has 1 heterocycles. The lowest BCUT2D eigenvalue weighted by atomic mass is 9.23. The van der Waals surface area contributed by atoms with Crippen molar-refractivity contribution in [1.29, 1.82) is 5.26 Å². The summed E-state index contributed by atoms with van der Waals surface area (Å²) in [5.41, 5.74) is 2.06. The molecule has 0 radical (unpaired) electrons. The molecule has 0 N–H and O–H groups in total. The van der Waals surface area contributed by atoms with Crippen molar-refractivity contribution in [2.24, 2.45) is 5.41 Å². The van der Waals surface area contributed by atoms with Gasteiger partial charge in [0, 0.05) is 5.97 Å². The first kappa shape index (κ1) is 9.03. The van der Waals surface area contributed by atoms with E-state index in [0.29, 0.717) is 12.1 Å². The van der Waals surface area contributed by atoms with E-state index in [4.69, 9.17) is 5.26 Å². The van der Waals surface area contributed by atoms with Gasteiger partial charge < -0.3 is 0 Å². The summed E-state index contributed by atoms with van der Waals surface area (Å²) in [7, 11) is 0. The monoisotopic (exact) mass is 195 g/mol. The second-order valence-electron chi connectivity index (χ2n) is 5.25. The fraction of sp³-hybridized carbons (Fsp3) is 0.462. The fourth-order valence-electron chi connectivity index (χ4n) is 3.36. The molecule has 1 spiro atoms. The molecule has 1 aliphatic carbocycles. The summed E-state index contributed by atoms with van der Waals surface area (Å²) in [5, 5.41) is 8.77. The lowest BCUT2D eigenvalue weighted by Gasteiger charge is -2.55. The lowest BCUT2D eigenvalue weighted by Crippen LogP contribution is -2.49. The van der Waals surface area contributed by atoms with Gasteiger partial charge in [-0.05, 0) is 29.7 Å². The number of rotatable bonds is 1. The van der Waals surface area contributed by atoms with Crippen molar-refractivity contribution < 1.29 is 0 Å². The van der Waals surface area contributed by atoms with Crippen LogP contribution in [-0.4, -0.2) is 6.71 Å². The summed E-state index contributed by atoms with van der Waals surface area (Å²) >= 11 is 0. The zero-order valence-corrected chi connectivity index (χ0v) is 8.82. The molecular formula is C13H14BN. The minimum atomic E-state index is 0.363. The number of nitrogens with zero attached hydrogens (tertiary/aromatic N) is 1. The Bertz CT molecular complexity index is 392. The molecule has 0 unspecified atom stereocenters. The summed E-state index contributed by atoms with van der Waals surface area (Å²) in [6, 6.07) is 10.8. The first-order valence-corrected chi connectivity index (χ1v) is 5.76. The van der Waals surface area contributed by atoms with E-state index < -0.39 is 0 Å². The predicted octanol–water partition coefficient (Wildman–Crippen LogP) is 3.12. The zero-order chi connectivity index (χ0) is 10.3. The van der Waals surface area contributed by atoms with Crippen LogP contribution in [0.5, 0.6) is 0 Å². The second kappa shape index (κ2) is 3.13. The van der Waals surface area contributed by atoms with Crippen LogP contribution in [0.2, 0.25) is 12.6 Å². The smallest absolute Gasteiger partial charge is 0.213 e. The van der Waals surface area contributed by atoms with Crippen LogP contribution in [0.25, 0.3) is 0 Å². The molecule has 0 bridgehead atoms. The van der Waals surface area contributed by atoms with Crippen molar-refractivity contribution in [3.63, 3.8) is 0 Å². The number of nitriles is 1. The second-order valence-corrected chi connectivity index (χ2v) is 5.25. The van der Waals surface area contributed by atoms with Gasteiger partial charge in [0.15, 0.2) is 0 Å². The van der Waals surface area contributed by atoms with Gasteiger partial charge in [0.1, 0.15) is 0 Å². The van der Waals surface area contributed by atoms with E-state index >= 15 is 0 Å². The highest BCUT2D eigenvalue weighted by Crippen LogP contribution is 2.62. The van der Waals surface area contributed by atoms with Crippen LogP contribution in [0.3, 0.4) is 0 Å². The summed E-state index contributed by atoms with van der Waals surface area (Å²) in [4.78, 5) is 0. The van der Waals surface area contributed by atoms with Crippen LogP contribution in [0.4, 0.5) is 0 Å². The van der Waals surface area contributed by atoms with E-state index in [1.54, 1.807) is 0 Å². The minimum Gasteiger partial charge on any atom is -0.213 e. The molecule has 1 aromatic rings. The van der Waals surface area contributed by atoms with Crippen LogP contribution in [-0.2, 0) is 0 Å².